The molecule has 1 aliphatic rings. The number of hydrogen-bond donors (Lipinski definition) is 0. The van der Waals surface area contributed by atoms with Crippen molar-refractivity contribution in [3.05, 3.63) is 90.6 Å². The van der Waals surface area contributed by atoms with Crippen molar-refractivity contribution < 1.29 is 19.1 Å². The number of anilines is 1. The summed E-state index contributed by atoms with van der Waals surface area (Å²) < 4.78 is 12.5. The fraction of sp³-hybridized carbons (Fsp3) is 0.310. The fourth-order valence-electron chi connectivity index (χ4n) is 4.51. The highest BCUT2D eigenvalue weighted by molar-refractivity contribution is 7.07. The highest BCUT2D eigenvalue weighted by Crippen LogP contribution is 2.31. The molecule has 2 aromatic carbocycles. The Labute approximate surface area is 225 Å². The molecule has 9 heteroatoms. The third-order valence-electron chi connectivity index (χ3n) is 6.29. The van der Waals surface area contributed by atoms with E-state index in [1.807, 2.05) is 30.3 Å². The zero-order valence-electron chi connectivity index (χ0n) is 22.2. The summed E-state index contributed by atoms with van der Waals surface area (Å²) in [5.41, 5.74) is 3.25. The lowest BCUT2D eigenvalue weighted by molar-refractivity contribution is -0.139. The van der Waals surface area contributed by atoms with Crippen molar-refractivity contribution in [2.24, 2.45) is 4.99 Å². The molecular formula is C29H31N3O5S. The van der Waals surface area contributed by atoms with E-state index in [0.29, 0.717) is 31.9 Å². The Hall–Kier alpha value is -3.98. The minimum absolute atomic E-state index is 0.196. The van der Waals surface area contributed by atoms with E-state index in [0.717, 1.165) is 24.3 Å². The molecule has 1 aromatic heterocycles. The second kappa shape index (κ2) is 11.6. The Kier molecular flexibility index (Phi) is 8.26. The summed E-state index contributed by atoms with van der Waals surface area (Å²) in [4.78, 5) is 45.5. The van der Waals surface area contributed by atoms with Crippen LogP contribution in [0.5, 0.6) is 5.75 Å². The number of allylic oxidation sites excluding steroid dienone is 1. The summed E-state index contributed by atoms with van der Waals surface area (Å²) in [7, 11) is 0. The van der Waals surface area contributed by atoms with Crippen LogP contribution in [0.4, 0.5) is 5.69 Å². The maximum absolute atomic E-state index is 13.7. The summed E-state index contributed by atoms with van der Waals surface area (Å²) in [6.45, 7) is 11.1. The largest absolute Gasteiger partial charge is 0.463 e. The van der Waals surface area contributed by atoms with E-state index >= 15 is 0 Å². The molecule has 1 unspecified atom stereocenters. The van der Waals surface area contributed by atoms with Crippen molar-refractivity contribution in [2.45, 2.75) is 40.7 Å². The maximum atomic E-state index is 13.7. The van der Waals surface area contributed by atoms with Crippen LogP contribution in [0.1, 0.15) is 51.8 Å². The Bertz CT molecular complexity index is 1550. The van der Waals surface area contributed by atoms with E-state index in [9.17, 15) is 14.4 Å². The monoisotopic (exact) mass is 533 g/mol. The van der Waals surface area contributed by atoms with Crippen LogP contribution in [-0.2, 0) is 14.3 Å². The molecule has 0 N–H and O–H groups in total. The molecule has 0 fully saturated rings. The average molecular weight is 534 g/mol. The highest BCUT2D eigenvalue weighted by atomic mass is 32.1. The predicted molar refractivity (Wildman–Crippen MR) is 148 cm³/mol. The Morgan fingerprint density at radius 1 is 1.05 bits per heavy atom. The van der Waals surface area contributed by atoms with Crippen LogP contribution >= 0.6 is 11.3 Å². The molecule has 38 heavy (non-hydrogen) atoms. The minimum Gasteiger partial charge on any atom is -0.463 e. The van der Waals surface area contributed by atoms with Gasteiger partial charge in [-0.3, -0.25) is 14.2 Å². The van der Waals surface area contributed by atoms with Gasteiger partial charge < -0.3 is 14.4 Å². The molecular weight excluding hydrogens is 502 g/mol. The van der Waals surface area contributed by atoms with Crippen LogP contribution in [0, 0.1) is 0 Å². The minimum atomic E-state index is -0.733. The second-order valence-corrected chi connectivity index (χ2v) is 9.74. The fourth-order valence-corrected chi connectivity index (χ4v) is 5.56. The number of carbonyl (C=O) groups is 2. The van der Waals surface area contributed by atoms with Gasteiger partial charge in [-0.15, -0.1) is 0 Å². The van der Waals surface area contributed by atoms with Crippen LogP contribution < -0.4 is 24.5 Å². The van der Waals surface area contributed by atoms with Crippen LogP contribution in [0.25, 0.3) is 6.08 Å². The van der Waals surface area contributed by atoms with E-state index in [2.05, 4.69) is 23.7 Å². The number of esters is 2. The number of carbonyl (C=O) groups excluding carboxylic acids is 2. The zero-order chi connectivity index (χ0) is 27.4. The van der Waals surface area contributed by atoms with Crippen molar-refractivity contribution in [2.75, 3.05) is 24.6 Å². The molecule has 0 radical (unpaired) electrons. The molecule has 3 aromatic rings. The predicted octanol–water partition coefficient (Wildman–Crippen LogP) is 3.57. The molecule has 8 nitrogen and oxygen atoms in total. The lowest BCUT2D eigenvalue weighted by Crippen LogP contribution is -2.39. The molecule has 0 saturated heterocycles. The zero-order valence-corrected chi connectivity index (χ0v) is 23.0. The lowest BCUT2D eigenvalue weighted by Gasteiger charge is -2.24. The summed E-state index contributed by atoms with van der Waals surface area (Å²) in [5.74, 6) is -0.580. The number of ether oxygens (including phenoxy) is 2. The van der Waals surface area contributed by atoms with E-state index in [1.54, 1.807) is 42.7 Å². The lowest BCUT2D eigenvalue weighted by atomic mass is 9.96. The molecule has 0 saturated carbocycles. The summed E-state index contributed by atoms with van der Waals surface area (Å²) in [6.07, 6.45) is 1.85. The van der Waals surface area contributed by atoms with Gasteiger partial charge in [0.25, 0.3) is 5.56 Å². The first-order chi connectivity index (χ1) is 18.3. The van der Waals surface area contributed by atoms with E-state index in [-0.39, 0.29) is 12.2 Å². The third-order valence-corrected chi connectivity index (χ3v) is 7.28. The number of aromatic nitrogens is 1. The average Bonchev–Trinajstić information content (AvgIpc) is 3.19. The normalized spacial score (nSPS) is 15.1. The van der Waals surface area contributed by atoms with Gasteiger partial charge in [0, 0.05) is 25.7 Å². The molecule has 4 rings (SSSR count). The molecule has 198 valence electrons. The molecule has 2 heterocycles. The van der Waals surface area contributed by atoms with Crippen molar-refractivity contribution >= 4 is 35.0 Å². The number of thiazole rings is 1. The first kappa shape index (κ1) is 27.1. The van der Waals surface area contributed by atoms with Crippen molar-refractivity contribution in [1.29, 1.82) is 0 Å². The highest BCUT2D eigenvalue weighted by Gasteiger charge is 2.33. The second-order valence-electron chi connectivity index (χ2n) is 8.73. The molecule has 0 amide bonds. The Morgan fingerprint density at radius 3 is 2.29 bits per heavy atom. The van der Waals surface area contributed by atoms with Gasteiger partial charge >= 0.3 is 11.9 Å². The van der Waals surface area contributed by atoms with Gasteiger partial charge in [0.15, 0.2) is 4.80 Å². The van der Waals surface area contributed by atoms with Crippen LogP contribution in [0.3, 0.4) is 0 Å². The van der Waals surface area contributed by atoms with Crippen LogP contribution in [0.2, 0.25) is 0 Å². The SMILES string of the molecule is CCOC(=O)C1=C(C)N=c2sc(=Cc3ccc(N(CC)CC)cc3)c(=O)n2C1c1ccc(OC(C)=O)cc1. The number of fused-ring (bicyclic) bond motifs is 1. The van der Waals surface area contributed by atoms with Gasteiger partial charge in [-0.25, -0.2) is 9.79 Å². The number of nitrogens with zero attached hydrogens (tertiary/aromatic N) is 3. The Balaban J connectivity index is 1.83. The molecule has 0 spiro atoms. The van der Waals surface area contributed by atoms with Gasteiger partial charge in [0.2, 0.25) is 0 Å². The Morgan fingerprint density at radius 2 is 1.71 bits per heavy atom. The van der Waals surface area contributed by atoms with Crippen LogP contribution in [0.15, 0.2) is 69.6 Å². The van der Waals surface area contributed by atoms with Gasteiger partial charge in [0.05, 0.1) is 28.5 Å². The molecule has 1 atom stereocenters. The van der Waals surface area contributed by atoms with Gasteiger partial charge in [-0.2, -0.15) is 0 Å². The van der Waals surface area contributed by atoms with Crippen LogP contribution in [-0.4, -0.2) is 36.2 Å². The standard InChI is InChI=1S/C29H31N3O5S/c1-6-31(7-2)22-13-9-20(10-14-22)17-24-27(34)32-26(21-11-15-23(16-12-21)37-19(5)33)25(28(35)36-8-3)18(4)30-29(32)38-24/h9-17,26H,6-8H2,1-5H3. The third kappa shape index (κ3) is 5.47. The molecule has 0 bridgehead atoms. The number of hydrogen-bond acceptors (Lipinski definition) is 8. The molecule has 1 aliphatic heterocycles. The smallest absolute Gasteiger partial charge is 0.338 e. The summed E-state index contributed by atoms with van der Waals surface area (Å²) in [6, 6.07) is 14.1. The van der Waals surface area contributed by atoms with Crippen molar-refractivity contribution in [1.82, 2.24) is 4.57 Å². The number of benzene rings is 2. The number of rotatable bonds is 8. The first-order valence-corrected chi connectivity index (χ1v) is 13.4. The van der Waals surface area contributed by atoms with Crippen molar-refractivity contribution in [3.63, 3.8) is 0 Å². The van der Waals surface area contributed by atoms with Gasteiger partial charge in [-0.1, -0.05) is 35.6 Å². The first-order valence-electron chi connectivity index (χ1n) is 12.6. The van der Waals surface area contributed by atoms with E-state index in [1.165, 1.54) is 18.3 Å². The maximum Gasteiger partial charge on any atom is 0.338 e. The van der Waals surface area contributed by atoms with Crippen molar-refractivity contribution in [3.8, 4) is 5.75 Å². The van der Waals surface area contributed by atoms with Gasteiger partial charge in [0.1, 0.15) is 5.75 Å². The van der Waals surface area contributed by atoms with E-state index < -0.39 is 18.0 Å². The summed E-state index contributed by atoms with van der Waals surface area (Å²) >= 11 is 1.28. The topological polar surface area (TPSA) is 90.2 Å². The van der Waals surface area contributed by atoms with Gasteiger partial charge in [-0.05, 0) is 69.2 Å². The summed E-state index contributed by atoms with van der Waals surface area (Å²) in [5, 5.41) is 0. The van der Waals surface area contributed by atoms with E-state index in [4.69, 9.17) is 9.47 Å². The quantitative estimate of drug-likeness (QED) is 0.325. The molecule has 0 aliphatic carbocycles.